The van der Waals surface area contributed by atoms with E-state index in [0.717, 1.165) is 22.2 Å². The van der Waals surface area contributed by atoms with Crippen LogP contribution >= 0.6 is 11.5 Å². The minimum Gasteiger partial charge on any atom is -0.497 e. The van der Waals surface area contributed by atoms with Gasteiger partial charge in [-0.05, 0) is 18.2 Å². The van der Waals surface area contributed by atoms with Gasteiger partial charge in [-0.3, -0.25) is 0 Å². The van der Waals surface area contributed by atoms with Crippen LogP contribution in [0, 0.1) is 11.6 Å². The van der Waals surface area contributed by atoms with Gasteiger partial charge in [0.2, 0.25) is 5.13 Å². The molecule has 12 heteroatoms. The number of nitrogen functional groups attached to an aromatic ring is 1. The number of nitrogens with zero attached hydrogens (tertiary/aromatic N) is 3. The molecule has 0 fully saturated rings. The van der Waals surface area contributed by atoms with Gasteiger partial charge in [0.15, 0.2) is 0 Å². The summed E-state index contributed by atoms with van der Waals surface area (Å²) < 4.78 is 69.7. The highest BCUT2D eigenvalue weighted by molar-refractivity contribution is 7.93. The predicted molar refractivity (Wildman–Crippen MR) is 104 cm³/mol. The first-order chi connectivity index (χ1) is 13.8. The fourth-order valence-electron chi connectivity index (χ4n) is 2.53. The van der Waals surface area contributed by atoms with E-state index in [1.54, 1.807) is 18.2 Å². The van der Waals surface area contributed by atoms with E-state index >= 15 is 0 Å². The van der Waals surface area contributed by atoms with Crippen molar-refractivity contribution in [3.63, 3.8) is 0 Å². The maximum absolute atomic E-state index is 14.4. The summed E-state index contributed by atoms with van der Waals surface area (Å²) in [6.07, 6.45) is 1.16. The molecule has 154 valence electrons. The molecule has 0 radical (unpaired) electrons. The molecule has 0 aliphatic heterocycles. The molecule has 0 spiro atoms. The number of nitrogens with two attached hydrogens (primary N) is 1. The molecule has 8 nitrogen and oxygen atoms in total. The molecule has 0 atom stereocenters. The summed E-state index contributed by atoms with van der Waals surface area (Å²) >= 11 is 0.785. The highest BCUT2D eigenvalue weighted by atomic mass is 32.2. The second kappa shape index (κ2) is 8.17. The van der Waals surface area contributed by atoms with Gasteiger partial charge in [-0.1, -0.05) is 0 Å². The number of halogens is 2. The fourth-order valence-corrected chi connectivity index (χ4v) is 4.72. The molecule has 0 saturated heterocycles. The summed E-state index contributed by atoms with van der Waals surface area (Å²) in [6.45, 7) is -0.268. The Morgan fingerprint density at radius 1 is 1.14 bits per heavy atom. The normalized spacial score (nSPS) is 11.3. The van der Waals surface area contributed by atoms with Crippen molar-refractivity contribution in [2.75, 3.05) is 24.3 Å². The Hall–Kier alpha value is -2.99. The molecule has 0 aliphatic rings. The number of sulfonamides is 1. The van der Waals surface area contributed by atoms with Crippen LogP contribution in [0.3, 0.4) is 0 Å². The van der Waals surface area contributed by atoms with Crippen LogP contribution in [0.2, 0.25) is 0 Å². The van der Waals surface area contributed by atoms with Gasteiger partial charge in [-0.2, -0.15) is 4.37 Å². The van der Waals surface area contributed by atoms with Crippen molar-refractivity contribution in [3.05, 3.63) is 53.9 Å². The second-order valence-corrected chi connectivity index (χ2v) is 8.31. The zero-order valence-corrected chi connectivity index (χ0v) is 16.9. The van der Waals surface area contributed by atoms with Crippen molar-refractivity contribution < 1.29 is 26.7 Å². The Balaban J connectivity index is 2.11. The number of aromatic nitrogens is 2. The topological polar surface area (TPSA) is 108 Å². The van der Waals surface area contributed by atoms with E-state index in [9.17, 15) is 17.2 Å². The second-order valence-electron chi connectivity index (χ2n) is 5.72. The Bertz CT molecular complexity index is 1120. The lowest BCUT2D eigenvalue weighted by Gasteiger charge is -2.23. The summed E-state index contributed by atoms with van der Waals surface area (Å²) in [5.74, 6) is -1.38. The monoisotopic (exact) mass is 442 g/mol. The van der Waals surface area contributed by atoms with Crippen LogP contribution in [-0.4, -0.2) is 32.0 Å². The molecular formula is C17H16F2N4O4S2. The van der Waals surface area contributed by atoms with E-state index in [1.165, 1.54) is 14.2 Å². The van der Waals surface area contributed by atoms with Crippen molar-refractivity contribution in [1.82, 2.24) is 9.36 Å². The number of rotatable bonds is 7. The molecule has 0 aliphatic carbocycles. The fraction of sp³-hybridized carbons (Fsp3) is 0.176. The molecule has 3 rings (SSSR count). The van der Waals surface area contributed by atoms with E-state index < -0.39 is 32.2 Å². The molecule has 2 aromatic carbocycles. The molecule has 0 saturated carbocycles. The van der Waals surface area contributed by atoms with Crippen molar-refractivity contribution in [2.45, 2.75) is 11.4 Å². The molecule has 1 heterocycles. The molecule has 3 aromatic rings. The van der Waals surface area contributed by atoms with Crippen LogP contribution in [0.15, 0.2) is 41.6 Å². The number of hydrogen-bond donors (Lipinski definition) is 1. The van der Waals surface area contributed by atoms with Gasteiger partial charge in [0.25, 0.3) is 10.0 Å². The van der Waals surface area contributed by atoms with E-state index in [1.807, 2.05) is 0 Å². The minimum atomic E-state index is -4.55. The Kier molecular flexibility index (Phi) is 5.84. The van der Waals surface area contributed by atoms with E-state index in [2.05, 4.69) is 9.36 Å². The molecule has 2 N–H and O–H groups in total. The van der Waals surface area contributed by atoms with Gasteiger partial charge in [0.05, 0.1) is 26.5 Å². The number of methoxy groups -OCH3 is 2. The maximum atomic E-state index is 14.4. The minimum absolute atomic E-state index is 0.0282. The van der Waals surface area contributed by atoms with Crippen molar-refractivity contribution in [1.29, 1.82) is 0 Å². The summed E-state index contributed by atoms with van der Waals surface area (Å²) in [7, 11) is -1.66. The Morgan fingerprint density at radius 3 is 2.52 bits per heavy atom. The first-order valence-electron chi connectivity index (χ1n) is 8.02. The predicted octanol–water partition coefficient (Wildman–Crippen LogP) is 2.81. The highest BCUT2D eigenvalue weighted by Crippen LogP contribution is 2.32. The highest BCUT2D eigenvalue weighted by Gasteiger charge is 2.32. The van der Waals surface area contributed by atoms with E-state index in [-0.39, 0.29) is 11.7 Å². The lowest BCUT2D eigenvalue weighted by Crippen LogP contribution is -2.31. The van der Waals surface area contributed by atoms with Gasteiger partial charge in [-0.15, -0.1) is 0 Å². The molecule has 1 aromatic heterocycles. The maximum Gasteiger partial charge on any atom is 0.269 e. The Morgan fingerprint density at radius 2 is 1.90 bits per heavy atom. The average Bonchev–Trinajstić information content (AvgIpc) is 3.22. The lowest BCUT2D eigenvalue weighted by molar-refractivity contribution is 0.391. The molecule has 0 amide bonds. The van der Waals surface area contributed by atoms with Gasteiger partial charge in [-0.25, -0.2) is 26.5 Å². The molecule has 0 bridgehead atoms. The summed E-state index contributed by atoms with van der Waals surface area (Å²) in [6, 6.07) is 5.95. The first-order valence-corrected chi connectivity index (χ1v) is 10.2. The van der Waals surface area contributed by atoms with Crippen LogP contribution in [0.25, 0.3) is 0 Å². The summed E-state index contributed by atoms with van der Waals surface area (Å²) in [4.78, 5) is 3.04. The third kappa shape index (κ3) is 4.07. The lowest BCUT2D eigenvalue weighted by atomic mass is 10.2. The standard InChI is InChI=1S/C17H16F2N4O4S2/c1-26-11-4-3-10(15(5-11)27-2)8-23(17-21-9-22-28-17)29(24,25)16-7-12(18)14(20)6-13(16)19/h3-7,9H,8,20H2,1-2H3. The average molecular weight is 442 g/mol. The van der Waals surface area contributed by atoms with E-state index in [0.29, 0.717) is 29.2 Å². The van der Waals surface area contributed by atoms with Gasteiger partial charge in [0, 0.05) is 29.2 Å². The largest absolute Gasteiger partial charge is 0.497 e. The SMILES string of the molecule is COc1ccc(CN(c2ncns2)S(=O)(=O)c2cc(F)c(N)cc2F)c(OC)c1. The van der Waals surface area contributed by atoms with E-state index in [4.69, 9.17) is 15.2 Å². The van der Waals surface area contributed by atoms with Crippen molar-refractivity contribution in [2.24, 2.45) is 0 Å². The smallest absolute Gasteiger partial charge is 0.269 e. The van der Waals surface area contributed by atoms with Crippen LogP contribution in [-0.2, 0) is 16.6 Å². The van der Waals surface area contributed by atoms with Gasteiger partial charge in [0.1, 0.15) is 34.4 Å². The number of ether oxygens (including phenoxy) is 2. The number of anilines is 2. The number of hydrogen-bond acceptors (Lipinski definition) is 8. The molecular weight excluding hydrogens is 426 g/mol. The summed E-state index contributed by atoms with van der Waals surface area (Å²) in [5, 5.41) is -0.0282. The quantitative estimate of drug-likeness (QED) is 0.561. The third-order valence-corrected chi connectivity index (χ3v) is 6.55. The Labute approximate surface area is 169 Å². The zero-order chi connectivity index (χ0) is 21.2. The number of benzene rings is 2. The first kappa shape index (κ1) is 20.7. The van der Waals surface area contributed by atoms with Crippen LogP contribution in [0.1, 0.15) is 5.56 Å². The third-order valence-electron chi connectivity index (χ3n) is 3.99. The van der Waals surface area contributed by atoms with Crippen molar-refractivity contribution in [3.8, 4) is 11.5 Å². The summed E-state index contributed by atoms with van der Waals surface area (Å²) in [5.41, 5.74) is 5.27. The van der Waals surface area contributed by atoms with Crippen LogP contribution in [0.4, 0.5) is 19.6 Å². The van der Waals surface area contributed by atoms with Crippen LogP contribution < -0.4 is 19.5 Å². The van der Waals surface area contributed by atoms with Crippen LogP contribution in [0.5, 0.6) is 11.5 Å². The van der Waals surface area contributed by atoms with Gasteiger partial charge >= 0.3 is 0 Å². The van der Waals surface area contributed by atoms with Crippen molar-refractivity contribution >= 4 is 32.4 Å². The molecule has 0 unspecified atom stereocenters. The van der Waals surface area contributed by atoms with Gasteiger partial charge < -0.3 is 15.2 Å². The molecule has 29 heavy (non-hydrogen) atoms. The zero-order valence-electron chi connectivity index (χ0n) is 15.3.